The van der Waals surface area contributed by atoms with E-state index in [-0.39, 0.29) is 5.75 Å². The number of aliphatic hydroxyl groups excluding tert-OH is 1. The van der Waals surface area contributed by atoms with Gasteiger partial charge in [0, 0.05) is 0 Å². The first-order valence-electron chi connectivity index (χ1n) is 7.27. The molecule has 0 aliphatic heterocycles. The molecule has 2 aromatic carbocycles. The Kier molecular flexibility index (Phi) is 4.97. The molecule has 0 heterocycles. The van der Waals surface area contributed by atoms with Crippen molar-refractivity contribution in [2.75, 3.05) is 0 Å². The summed E-state index contributed by atoms with van der Waals surface area (Å²) in [6, 6.07) is 12.2. The van der Waals surface area contributed by atoms with E-state index in [4.69, 9.17) is 4.74 Å². The second kappa shape index (κ2) is 6.72. The van der Waals surface area contributed by atoms with Gasteiger partial charge in [0.2, 0.25) is 0 Å². The Balaban J connectivity index is 2.30. The number of benzene rings is 2. The number of ether oxygens (including phenoxy) is 1. The fraction of sp³-hybridized carbons (Fsp3) is 0.333. The van der Waals surface area contributed by atoms with E-state index < -0.39 is 11.9 Å². The molecule has 0 radical (unpaired) electrons. The van der Waals surface area contributed by atoms with Crippen molar-refractivity contribution in [1.82, 2.24) is 0 Å². The summed E-state index contributed by atoms with van der Waals surface area (Å²) < 4.78 is 19.8. The summed E-state index contributed by atoms with van der Waals surface area (Å²) >= 11 is 0. The maximum Gasteiger partial charge on any atom is 0.166 e. The molecule has 0 fully saturated rings. The number of hydrogen-bond acceptors (Lipinski definition) is 2. The maximum absolute atomic E-state index is 14.1. The van der Waals surface area contributed by atoms with Crippen LogP contribution in [0.5, 0.6) is 11.5 Å². The molecule has 0 saturated heterocycles. The monoisotopic (exact) mass is 288 g/mol. The third-order valence-electron chi connectivity index (χ3n) is 3.72. The van der Waals surface area contributed by atoms with E-state index in [1.807, 2.05) is 24.3 Å². The van der Waals surface area contributed by atoms with Gasteiger partial charge < -0.3 is 9.84 Å². The van der Waals surface area contributed by atoms with Gasteiger partial charge in [-0.25, -0.2) is 4.39 Å². The quantitative estimate of drug-likeness (QED) is 0.821. The van der Waals surface area contributed by atoms with Crippen molar-refractivity contribution >= 4 is 0 Å². The molecular formula is C18H21FO2. The molecule has 112 valence electrons. The lowest BCUT2D eigenvalue weighted by Crippen LogP contribution is -1.98. The van der Waals surface area contributed by atoms with E-state index in [9.17, 15) is 9.50 Å². The van der Waals surface area contributed by atoms with Crippen LogP contribution in [-0.2, 0) is 0 Å². The molecule has 1 N–H and O–H groups in total. The van der Waals surface area contributed by atoms with Crippen LogP contribution in [0.15, 0.2) is 42.5 Å². The number of rotatable bonds is 5. The van der Waals surface area contributed by atoms with Crippen molar-refractivity contribution in [3.63, 3.8) is 0 Å². The molecule has 0 aromatic heterocycles. The van der Waals surface area contributed by atoms with Gasteiger partial charge in [0.05, 0.1) is 6.10 Å². The van der Waals surface area contributed by atoms with Crippen molar-refractivity contribution in [3.8, 4) is 11.5 Å². The molecule has 2 aromatic rings. The molecular weight excluding hydrogens is 267 g/mol. The third kappa shape index (κ3) is 3.61. The highest BCUT2D eigenvalue weighted by Crippen LogP contribution is 2.33. The van der Waals surface area contributed by atoms with E-state index >= 15 is 0 Å². The molecule has 2 rings (SSSR count). The van der Waals surface area contributed by atoms with Crippen LogP contribution < -0.4 is 4.74 Å². The molecule has 3 heteroatoms. The first-order valence-corrected chi connectivity index (χ1v) is 7.27. The van der Waals surface area contributed by atoms with E-state index in [2.05, 4.69) is 13.8 Å². The Bertz CT molecular complexity index is 608. The van der Waals surface area contributed by atoms with Gasteiger partial charge >= 0.3 is 0 Å². The topological polar surface area (TPSA) is 29.5 Å². The number of aliphatic hydroxyl groups is 1. The van der Waals surface area contributed by atoms with Crippen molar-refractivity contribution in [1.29, 1.82) is 0 Å². The van der Waals surface area contributed by atoms with Gasteiger partial charge in [-0.15, -0.1) is 0 Å². The van der Waals surface area contributed by atoms with Crippen LogP contribution in [0.25, 0.3) is 0 Å². The minimum atomic E-state index is -0.694. The first kappa shape index (κ1) is 15.5. The van der Waals surface area contributed by atoms with Gasteiger partial charge in [0.25, 0.3) is 0 Å². The van der Waals surface area contributed by atoms with Gasteiger partial charge in [-0.05, 0) is 48.6 Å². The van der Waals surface area contributed by atoms with Crippen LogP contribution in [0.2, 0.25) is 0 Å². The second-order valence-corrected chi connectivity index (χ2v) is 5.32. The van der Waals surface area contributed by atoms with Crippen LogP contribution >= 0.6 is 0 Å². The largest absolute Gasteiger partial charge is 0.454 e. The van der Waals surface area contributed by atoms with Gasteiger partial charge in [-0.3, -0.25) is 0 Å². The first-order chi connectivity index (χ1) is 10.0. The van der Waals surface area contributed by atoms with Crippen LogP contribution in [0.1, 0.15) is 50.3 Å². The highest BCUT2D eigenvalue weighted by Gasteiger charge is 2.13. The van der Waals surface area contributed by atoms with Crippen molar-refractivity contribution in [2.45, 2.75) is 39.2 Å². The lowest BCUT2D eigenvalue weighted by molar-refractivity contribution is 0.198. The average Bonchev–Trinajstić information content (AvgIpc) is 2.49. The summed E-state index contributed by atoms with van der Waals surface area (Å²) in [5.74, 6) is 0.735. The summed E-state index contributed by atoms with van der Waals surface area (Å²) in [6.07, 6.45) is 0.296. The summed E-state index contributed by atoms with van der Waals surface area (Å²) in [5.41, 5.74) is 1.61. The van der Waals surface area contributed by atoms with Gasteiger partial charge in [0.1, 0.15) is 5.75 Å². The third-order valence-corrected chi connectivity index (χ3v) is 3.72. The van der Waals surface area contributed by atoms with Gasteiger partial charge in [-0.2, -0.15) is 0 Å². The molecule has 0 aliphatic carbocycles. The lowest BCUT2D eigenvalue weighted by atomic mass is 9.98. The molecule has 2 nitrogen and oxygen atoms in total. The Morgan fingerprint density at radius 1 is 1.10 bits per heavy atom. The maximum atomic E-state index is 14.1. The molecule has 0 aliphatic rings. The molecule has 0 spiro atoms. The van der Waals surface area contributed by atoms with Crippen LogP contribution in [0, 0.1) is 5.82 Å². The van der Waals surface area contributed by atoms with E-state index in [0.29, 0.717) is 17.2 Å². The fourth-order valence-electron chi connectivity index (χ4n) is 2.18. The molecule has 0 bridgehead atoms. The predicted molar refractivity (Wildman–Crippen MR) is 82.3 cm³/mol. The van der Waals surface area contributed by atoms with E-state index in [1.165, 1.54) is 6.07 Å². The van der Waals surface area contributed by atoms with Crippen LogP contribution in [-0.4, -0.2) is 5.11 Å². The van der Waals surface area contributed by atoms with Crippen LogP contribution in [0.3, 0.4) is 0 Å². The second-order valence-electron chi connectivity index (χ2n) is 5.32. The number of para-hydroxylation sites is 1. The standard InChI is InChI=1S/C18H21FO2/c1-4-12(2)15-7-5-6-8-17(15)21-18-10-9-14(13(3)20)11-16(18)19/h5-13,20H,4H2,1-3H3/t12?,13-/m1/s1. The zero-order chi connectivity index (χ0) is 15.4. The highest BCUT2D eigenvalue weighted by atomic mass is 19.1. The van der Waals surface area contributed by atoms with Crippen molar-refractivity contribution in [2.24, 2.45) is 0 Å². The fourth-order valence-corrected chi connectivity index (χ4v) is 2.18. The van der Waals surface area contributed by atoms with Crippen LogP contribution in [0.4, 0.5) is 4.39 Å². The molecule has 0 saturated carbocycles. The van der Waals surface area contributed by atoms with E-state index in [0.717, 1.165) is 12.0 Å². The highest BCUT2D eigenvalue weighted by molar-refractivity contribution is 5.41. The van der Waals surface area contributed by atoms with E-state index in [1.54, 1.807) is 19.1 Å². The summed E-state index contributed by atoms with van der Waals surface area (Å²) in [6.45, 7) is 5.84. The Hall–Kier alpha value is -1.87. The predicted octanol–water partition coefficient (Wildman–Crippen LogP) is 5.18. The Morgan fingerprint density at radius 3 is 2.43 bits per heavy atom. The summed E-state index contributed by atoms with van der Waals surface area (Å²) in [4.78, 5) is 0. The zero-order valence-corrected chi connectivity index (χ0v) is 12.6. The summed E-state index contributed by atoms with van der Waals surface area (Å²) in [5, 5.41) is 9.47. The zero-order valence-electron chi connectivity index (χ0n) is 12.6. The minimum absolute atomic E-state index is 0.176. The lowest BCUT2D eigenvalue weighted by Gasteiger charge is -2.16. The van der Waals surface area contributed by atoms with Crippen molar-refractivity contribution < 1.29 is 14.2 Å². The Morgan fingerprint density at radius 2 is 1.81 bits per heavy atom. The van der Waals surface area contributed by atoms with Crippen molar-refractivity contribution in [3.05, 3.63) is 59.4 Å². The normalized spacial score (nSPS) is 13.8. The molecule has 0 amide bonds. The average molecular weight is 288 g/mol. The SMILES string of the molecule is CCC(C)c1ccccc1Oc1ccc([C@@H](C)O)cc1F. The smallest absolute Gasteiger partial charge is 0.166 e. The Labute approximate surface area is 125 Å². The van der Waals surface area contributed by atoms with Gasteiger partial charge in [-0.1, -0.05) is 38.1 Å². The summed E-state index contributed by atoms with van der Waals surface area (Å²) in [7, 11) is 0. The molecule has 2 atom stereocenters. The molecule has 21 heavy (non-hydrogen) atoms. The number of halogens is 1. The molecule has 1 unspecified atom stereocenters. The van der Waals surface area contributed by atoms with Gasteiger partial charge in [0.15, 0.2) is 11.6 Å². The number of hydrogen-bond donors (Lipinski definition) is 1. The minimum Gasteiger partial charge on any atom is -0.454 e.